The number of imidazole rings is 1. The van der Waals surface area contributed by atoms with Crippen LogP contribution in [0.2, 0.25) is 0 Å². The Morgan fingerprint density at radius 1 is 1.06 bits per heavy atom. The van der Waals surface area contributed by atoms with E-state index in [1.807, 2.05) is 25.6 Å². The van der Waals surface area contributed by atoms with Crippen molar-refractivity contribution in [3.63, 3.8) is 0 Å². The number of aromatic amines is 2. The average molecular weight is 413 g/mol. The van der Waals surface area contributed by atoms with Crippen LogP contribution in [0, 0.1) is 0 Å². The SMILES string of the molecule is CN1CCC(c2cccc3[nH]c(-c4n[nH]c5cnc(-c6cnn(C)c6)cc45)nc23)CC1. The van der Waals surface area contributed by atoms with Crippen molar-refractivity contribution in [2.75, 3.05) is 20.1 Å². The third-order valence-corrected chi connectivity index (χ3v) is 6.37. The van der Waals surface area contributed by atoms with Gasteiger partial charge >= 0.3 is 0 Å². The molecular formula is C23H24N8. The monoisotopic (exact) mass is 412 g/mol. The number of H-pyrrole nitrogens is 2. The van der Waals surface area contributed by atoms with Gasteiger partial charge in [0.15, 0.2) is 5.82 Å². The summed E-state index contributed by atoms with van der Waals surface area (Å²) in [4.78, 5) is 15.5. The second kappa shape index (κ2) is 7.02. The summed E-state index contributed by atoms with van der Waals surface area (Å²) in [6.45, 7) is 2.26. The lowest BCUT2D eigenvalue weighted by atomic mass is 9.89. The van der Waals surface area contributed by atoms with Crippen molar-refractivity contribution < 1.29 is 0 Å². The van der Waals surface area contributed by atoms with E-state index < -0.39 is 0 Å². The molecule has 31 heavy (non-hydrogen) atoms. The molecule has 8 nitrogen and oxygen atoms in total. The van der Waals surface area contributed by atoms with Crippen LogP contribution < -0.4 is 0 Å². The van der Waals surface area contributed by atoms with Gasteiger partial charge in [-0.1, -0.05) is 12.1 Å². The molecule has 0 amide bonds. The first-order chi connectivity index (χ1) is 15.2. The standard InChI is InChI=1S/C23H24N8/c1-30-8-6-14(7-9-30)16-4-3-5-18-21(16)27-23(26-18)22-17-10-19(15-11-25-31(2)13-15)24-12-20(17)28-29-22/h3-5,10-14H,6-9H2,1-2H3,(H,26,27)(H,28,29). The van der Waals surface area contributed by atoms with Gasteiger partial charge < -0.3 is 9.88 Å². The van der Waals surface area contributed by atoms with E-state index in [2.05, 4.69) is 61.5 Å². The lowest BCUT2D eigenvalue weighted by Gasteiger charge is -2.29. The highest BCUT2D eigenvalue weighted by Crippen LogP contribution is 2.34. The molecule has 8 heteroatoms. The normalized spacial score (nSPS) is 15.9. The zero-order chi connectivity index (χ0) is 20.9. The number of para-hydroxylation sites is 1. The van der Waals surface area contributed by atoms with Crippen LogP contribution in [0.25, 0.3) is 44.7 Å². The predicted octanol–water partition coefficient (Wildman–Crippen LogP) is 3.71. The summed E-state index contributed by atoms with van der Waals surface area (Å²) in [7, 11) is 4.10. The minimum atomic E-state index is 0.549. The number of nitrogens with zero attached hydrogens (tertiary/aromatic N) is 6. The maximum atomic E-state index is 5.02. The number of aryl methyl sites for hydroxylation is 1. The van der Waals surface area contributed by atoms with Crippen LogP contribution in [-0.2, 0) is 7.05 Å². The van der Waals surface area contributed by atoms with Gasteiger partial charge in [-0.15, -0.1) is 0 Å². The fourth-order valence-corrected chi connectivity index (χ4v) is 4.62. The third-order valence-electron chi connectivity index (χ3n) is 6.37. The molecule has 1 aliphatic rings. The Labute approximate surface area is 179 Å². The summed E-state index contributed by atoms with van der Waals surface area (Å²) in [5.41, 5.74) is 7.00. The molecule has 5 heterocycles. The van der Waals surface area contributed by atoms with Gasteiger partial charge in [-0.05, 0) is 56.6 Å². The van der Waals surface area contributed by atoms with Crippen LogP contribution in [0.4, 0.5) is 0 Å². The highest BCUT2D eigenvalue weighted by atomic mass is 15.2. The zero-order valence-corrected chi connectivity index (χ0v) is 17.6. The highest BCUT2D eigenvalue weighted by molar-refractivity contribution is 5.94. The third kappa shape index (κ3) is 3.11. The minimum absolute atomic E-state index is 0.549. The van der Waals surface area contributed by atoms with Gasteiger partial charge in [0, 0.05) is 24.2 Å². The molecule has 1 aliphatic heterocycles. The lowest BCUT2D eigenvalue weighted by molar-refractivity contribution is 0.256. The van der Waals surface area contributed by atoms with Crippen molar-refractivity contribution in [1.82, 2.24) is 39.8 Å². The van der Waals surface area contributed by atoms with Crippen molar-refractivity contribution in [1.29, 1.82) is 0 Å². The van der Waals surface area contributed by atoms with E-state index in [-0.39, 0.29) is 0 Å². The van der Waals surface area contributed by atoms with E-state index in [9.17, 15) is 0 Å². The Balaban J connectivity index is 1.44. The van der Waals surface area contributed by atoms with Gasteiger partial charge in [-0.2, -0.15) is 10.2 Å². The van der Waals surface area contributed by atoms with E-state index >= 15 is 0 Å². The molecule has 156 valence electrons. The number of benzene rings is 1. The summed E-state index contributed by atoms with van der Waals surface area (Å²) in [5, 5.41) is 12.9. The minimum Gasteiger partial charge on any atom is -0.337 e. The molecule has 2 N–H and O–H groups in total. The van der Waals surface area contributed by atoms with Crippen LogP contribution in [0.5, 0.6) is 0 Å². The fraction of sp³-hybridized carbons (Fsp3) is 0.304. The largest absolute Gasteiger partial charge is 0.337 e. The summed E-state index contributed by atoms with van der Waals surface area (Å²) in [5.74, 6) is 1.33. The van der Waals surface area contributed by atoms with Crippen molar-refractivity contribution in [3.05, 3.63) is 48.4 Å². The molecule has 0 spiro atoms. The first-order valence-electron chi connectivity index (χ1n) is 10.7. The number of rotatable bonds is 3. The number of aromatic nitrogens is 7. The number of hydrogen-bond donors (Lipinski definition) is 2. The molecule has 4 aromatic heterocycles. The Morgan fingerprint density at radius 2 is 1.94 bits per heavy atom. The average Bonchev–Trinajstić information content (AvgIpc) is 3.51. The maximum absolute atomic E-state index is 5.02. The number of fused-ring (bicyclic) bond motifs is 2. The second-order valence-corrected chi connectivity index (χ2v) is 8.50. The van der Waals surface area contributed by atoms with Crippen molar-refractivity contribution in [2.45, 2.75) is 18.8 Å². The molecule has 0 radical (unpaired) electrons. The van der Waals surface area contributed by atoms with Crippen LogP contribution in [0.3, 0.4) is 0 Å². The molecule has 0 aliphatic carbocycles. The Morgan fingerprint density at radius 3 is 2.74 bits per heavy atom. The van der Waals surface area contributed by atoms with E-state index in [4.69, 9.17) is 4.98 Å². The van der Waals surface area contributed by atoms with Gasteiger partial charge in [-0.25, -0.2) is 4.98 Å². The molecule has 0 atom stereocenters. The van der Waals surface area contributed by atoms with Crippen LogP contribution >= 0.6 is 0 Å². The van der Waals surface area contributed by atoms with Crippen molar-refractivity contribution in [3.8, 4) is 22.8 Å². The van der Waals surface area contributed by atoms with Gasteiger partial charge in [-0.3, -0.25) is 14.8 Å². The van der Waals surface area contributed by atoms with Crippen LogP contribution in [0.1, 0.15) is 24.3 Å². The molecule has 0 unspecified atom stereocenters. The number of piperidine rings is 1. The zero-order valence-electron chi connectivity index (χ0n) is 17.6. The number of likely N-dealkylation sites (tertiary alicyclic amines) is 1. The van der Waals surface area contributed by atoms with Gasteiger partial charge in [0.1, 0.15) is 5.69 Å². The van der Waals surface area contributed by atoms with Gasteiger partial charge in [0.05, 0.1) is 34.6 Å². The van der Waals surface area contributed by atoms with Crippen molar-refractivity contribution >= 4 is 21.9 Å². The molecule has 0 bridgehead atoms. The number of hydrogen-bond acceptors (Lipinski definition) is 5. The second-order valence-electron chi connectivity index (χ2n) is 8.50. The quantitative estimate of drug-likeness (QED) is 0.471. The molecule has 5 aromatic rings. The molecule has 1 aromatic carbocycles. The first-order valence-corrected chi connectivity index (χ1v) is 10.7. The van der Waals surface area contributed by atoms with E-state index in [1.54, 1.807) is 4.68 Å². The number of pyridine rings is 1. The summed E-state index contributed by atoms with van der Waals surface area (Å²) in [6.07, 6.45) is 7.94. The Kier molecular flexibility index (Phi) is 4.14. The molecule has 0 saturated carbocycles. The first kappa shape index (κ1) is 18.3. The van der Waals surface area contributed by atoms with Crippen LogP contribution in [0.15, 0.2) is 42.9 Å². The summed E-state index contributed by atoms with van der Waals surface area (Å²) >= 11 is 0. The fourth-order valence-electron chi connectivity index (χ4n) is 4.62. The Bertz CT molecular complexity index is 1380. The highest BCUT2D eigenvalue weighted by Gasteiger charge is 2.22. The molecule has 6 rings (SSSR count). The predicted molar refractivity (Wildman–Crippen MR) is 121 cm³/mol. The molecular weight excluding hydrogens is 388 g/mol. The summed E-state index contributed by atoms with van der Waals surface area (Å²) < 4.78 is 1.78. The smallest absolute Gasteiger partial charge is 0.159 e. The lowest BCUT2D eigenvalue weighted by Crippen LogP contribution is -2.29. The van der Waals surface area contributed by atoms with Gasteiger partial charge in [0.25, 0.3) is 0 Å². The van der Waals surface area contributed by atoms with E-state index in [1.165, 1.54) is 18.4 Å². The van der Waals surface area contributed by atoms with Gasteiger partial charge in [0.2, 0.25) is 0 Å². The summed E-state index contributed by atoms with van der Waals surface area (Å²) in [6, 6.07) is 8.51. The number of nitrogens with one attached hydrogen (secondary N) is 2. The van der Waals surface area contributed by atoms with E-state index in [0.717, 1.165) is 57.8 Å². The topological polar surface area (TPSA) is 91.3 Å². The Hall–Kier alpha value is -3.52. The maximum Gasteiger partial charge on any atom is 0.159 e. The van der Waals surface area contributed by atoms with Crippen molar-refractivity contribution in [2.24, 2.45) is 7.05 Å². The molecule has 1 saturated heterocycles. The van der Waals surface area contributed by atoms with Crippen LogP contribution in [-0.4, -0.2) is 60.0 Å². The molecule has 1 fully saturated rings. The van der Waals surface area contributed by atoms with E-state index in [0.29, 0.717) is 5.92 Å².